The Hall–Kier alpha value is -0.760. The van der Waals surface area contributed by atoms with E-state index < -0.39 is 0 Å². The Morgan fingerprint density at radius 2 is 2.35 bits per heavy atom. The predicted molar refractivity (Wildman–Crippen MR) is 69.0 cm³/mol. The number of nitrogens with one attached hydrogen (secondary N) is 1. The fourth-order valence-corrected chi connectivity index (χ4v) is 3.26. The molecule has 0 aliphatic heterocycles. The molecule has 3 rings (SSSR count). The summed E-state index contributed by atoms with van der Waals surface area (Å²) in [5.74, 6) is 1.22. The van der Waals surface area contributed by atoms with Crippen molar-refractivity contribution in [3.05, 3.63) is 23.7 Å². The number of hydrogen-bond acceptors (Lipinski definition) is 2. The van der Waals surface area contributed by atoms with Crippen LogP contribution in [0.3, 0.4) is 0 Å². The van der Waals surface area contributed by atoms with Gasteiger partial charge in [-0.1, -0.05) is 13.3 Å². The van der Waals surface area contributed by atoms with Crippen LogP contribution in [0.5, 0.6) is 0 Å². The fraction of sp³-hybridized carbons (Fsp3) is 0.733. The van der Waals surface area contributed by atoms with Crippen molar-refractivity contribution >= 4 is 0 Å². The normalized spacial score (nSPS) is 25.6. The lowest BCUT2D eigenvalue weighted by Crippen LogP contribution is -2.30. The molecule has 1 heterocycles. The van der Waals surface area contributed by atoms with Gasteiger partial charge in [0, 0.05) is 24.6 Å². The van der Waals surface area contributed by atoms with Gasteiger partial charge in [-0.3, -0.25) is 0 Å². The quantitative estimate of drug-likeness (QED) is 0.836. The van der Waals surface area contributed by atoms with E-state index in [1.54, 1.807) is 0 Å². The molecule has 2 nitrogen and oxygen atoms in total. The summed E-state index contributed by atoms with van der Waals surface area (Å²) in [7, 11) is 0. The molecule has 2 aliphatic carbocycles. The van der Waals surface area contributed by atoms with E-state index >= 15 is 0 Å². The number of aryl methyl sites for hydroxylation is 1. The van der Waals surface area contributed by atoms with Crippen molar-refractivity contribution in [2.75, 3.05) is 6.54 Å². The largest absolute Gasteiger partial charge is 0.469 e. The van der Waals surface area contributed by atoms with Crippen LogP contribution < -0.4 is 5.32 Å². The molecule has 0 amide bonds. The maximum atomic E-state index is 5.54. The first kappa shape index (κ1) is 11.3. The third-order valence-corrected chi connectivity index (χ3v) is 4.51. The van der Waals surface area contributed by atoms with Gasteiger partial charge in [0.15, 0.2) is 0 Å². The third kappa shape index (κ3) is 2.28. The maximum Gasteiger partial charge on any atom is 0.108 e. The summed E-state index contributed by atoms with van der Waals surface area (Å²) in [5.41, 5.74) is 2.07. The van der Waals surface area contributed by atoms with Crippen LogP contribution in [0.25, 0.3) is 0 Å². The molecule has 1 atom stereocenters. The summed E-state index contributed by atoms with van der Waals surface area (Å²) in [6.07, 6.45) is 11.1. The van der Waals surface area contributed by atoms with E-state index in [4.69, 9.17) is 4.42 Å². The number of fused-ring (bicyclic) bond motifs is 1. The monoisotopic (exact) mass is 233 g/mol. The van der Waals surface area contributed by atoms with Gasteiger partial charge in [0.25, 0.3) is 0 Å². The van der Waals surface area contributed by atoms with Crippen molar-refractivity contribution in [1.82, 2.24) is 5.32 Å². The Labute approximate surface area is 104 Å². The van der Waals surface area contributed by atoms with Gasteiger partial charge in [0.2, 0.25) is 0 Å². The summed E-state index contributed by atoms with van der Waals surface area (Å²) < 4.78 is 5.54. The van der Waals surface area contributed by atoms with Crippen molar-refractivity contribution in [3.63, 3.8) is 0 Å². The lowest BCUT2D eigenvalue weighted by Gasteiger charge is -2.25. The second-order valence-electron chi connectivity index (χ2n) is 5.87. The minimum Gasteiger partial charge on any atom is -0.469 e. The Morgan fingerprint density at radius 3 is 3.12 bits per heavy atom. The molecule has 1 unspecified atom stereocenters. The summed E-state index contributed by atoms with van der Waals surface area (Å²) >= 11 is 0. The Morgan fingerprint density at radius 1 is 1.47 bits per heavy atom. The van der Waals surface area contributed by atoms with Crippen molar-refractivity contribution in [2.45, 2.75) is 57.9 Å². The van der Waals surface area contributed by atoms with Gasteiger partial charge in [-0.15, -0.1) is 0 Å². The van der Waals surface area contributed by atoms with Crippen LogP contribution in [0.1, 0.15) is 62.8 Å². The highest BCUT2D eigenvalue weighted by atomic mass is 16.3. The fourth-order valence-electron chi connectivity index (χ4n) is 3.26. The van der Waals surface area contributed by atoms with E-state index in [9.17, 15) is 0 Å². The van der Waals surface area contributed by atoms with Crippen LogP contribution in [0.2, 0.25) is 0 Å². The van der Waals surface area contributed by atoms with Gasteiger partial charge in [0.05, 0.1) is 6.26 Å². The summed E-state index contributed by atoms with van der Waals surface area (Å²) in [5, 5.41) is 3.79. The number of rotatable bonds is 5. The smallest absolute Gasteiger partial charge is 0.108 e. The minimum absolute atomic E-state index is 0.548. The van der Waals surface area contributed by atoms with Crippen molar-refractivity contribution in [2.24, 2.45) is 5.41 Å². The molecule has 1 fully saturated rings. The van der Waals surface area contributed by atoms with Crippen LogP contribution in [-0.2, 0) is 6.42 Å². The Balaban J connectivity index is 1.60. The third-order valence-electron chi connectivity index (χ3n) is 4.51. The highest BCUT2D eigenvalue weighted by molar-refractivity contribution is 5.24. The molecule has 1 aromatic rings. The molecular formula is C15H23NO. The second-order valence-corrected chi connectivity index (χ2v) is 5.87. The topological polar surface area (TPSA) is 25.2 Å². The first-order valence-electron chi connectivity index (χ1n) is 7.13. The SMILES string of the molecule is CCCC1(CNC2CCCc3occc32)CC1. The van der Waals surface area contributed by atoms with Crippen molar-refractivity contribution < 1.29 is 4.42 Å². The lowest BCUT2D eigenvalue weighted by molar-refractivity contribution is 0.355. The molecule has 0 spiro atoms. The van der Waals surface area contributed by atoms with Gasteiger partial charge < -0.3 is 9.73 Å². The molecule has 0 saturated heterocycles. The van der Waals surface area contributed by atoms with Crippen LogP contribution in [0.15, 0.2) is 16.7 Å². The molecule has 17 heavy (non-hydrogen) atoms. The molecule has 94 valence electrons. The molecule has 2 aliphatic rings. The average molecular weight is 233 g/mol. The van der Waals surface area contributed by atoms with Crippen molar-refractivity contribution in [3.8, 4) is 0 Å². The summed E-state index contributed by atoms with van der Waals surface area (Å²) in [4.78, 5) is 0. The standard InChI is InChI=1S/C15H23NO/c1-2-7-15(8-9-15)11-16-13-4-3-5-14-12(13)6-10-17-14/h6,10,13,16H,2-5,7-9,11H2,1H3. The molecule has 0 aromatic carbocycles. The molecule has 1 aromatic heterocycles. The molecule has 1 saturated carbocycles. The first-order chi connectivity index (χ1) is 8.33. The number of hydrogen-bond donors (Lipinski definition) is 1. The van der Waals surface area contributed by atoms with E-state index in [0.717, 1.165) is 6.42 Å². The van der Waals surface area contributed by atoms with E-state index in [1.165, 1.54) is 56.4 Å². The minimum atomic E-state index is 0.548. The van der Waals surface area contributed by atoms with Gasteiger partial charge in [-0.05, 0) is 43.6 Å². The van der Waals surface area contributed by atoms with Crippen LogP contribution >= 0.6 is 0 Å². The molecule has 1 N–H and O–H groups in total. The Bertz CT molecular complexity index is 378. The van der Waals surface area contributed by atoms with Crippen LogP contribution in [0.4, 0.5) is 0 Å². The van der Waals surface area contributed by atoms with Crippen LogP contribution in [0, 0.1) is 5.41 Å². The van der Waals surface area contributed by atoms with Gasteiger partial charge >= 0.3 is 0 Å². The number of furan rings is 1. The lowest BCUT2D eigenvalue weighted by atomic mass is 9.92. The van der Waals surface area contributed by atoms with E-state index in [-0.39, 0.29) is 0 Å². The van der Waals surface area contributed by atoms with Gasteiger partial charge in [-0.2, -0.15) is 0 Å². The van der Waals surface area contributed by atoms with Crippen LogP contribution in [-0.4, -0.2) is 6.54 Å². The predicted octanol–water partition coefficient (Wildman–Crippen LogP) is 3.83. The summed E-state index contributed by atoms with van der Waals surface area (Å²) in [6.45, 7) is 3.50. The molecular weight excluding hydrogens is 210 g/mol. The van der Waals surface area contributed by atoms with Gasteiger partial charge in [-0.25, -0.2) is 0 Å². The molecule has 2 heteroatoms. The molecule has 0 radical (unpaired) electrons. The highest BCUT2D eigenvalue weighted by Crippen LogP contribution is 2.49. The zero-order chi connectivity index (χ0) is 11.7. The second kappa shape index (κ2) is 4.49. The van der Waals surface area contributed by atoms with E-state index in [0.29, 0.717) is 11.5 Å². The maximum absolute atomic E-state index is 5.54. The average Bonchev–Trinajstić information content (AvgIpc) is 2.92. The Kier molecular flexibility index (Phi) is 2.99. The zero-order valence-corrected chi connectivity index (χ0v) is 10.8. The zero-order valence-electron chi connectivity index (χ0n) is 10.8. The first-order valence-corrected chi connectivity index (χ1v) is 7.13. The molecule has 0 bridgehead atoms. The van der Waals surface area contributed by atoms with E-state index in [2.05, 4.69) is 18.3 Å². The van der Waals surface area contributed by atoms with Crippen molar-refractivity contribution in [1.29, 1.82) is 0 Å². The summed E-state index contributed by atoms with van der Waals surface area (Å²) in [6, 6.07) is 2.71. The highest BCUT2D eigenvalue weighted by Gasteiger charge is 2.41. The van der Waals surface area contributed by atoms with Gasteiger partial charge in [0.1, 0.15) is 5.76 Å². The van der Waals surface area contributed by atoms with E-state index in [1.807, 2.05) is 6.26 Å².